The number of nitrogens with one attached hydrogen (secondary N) is 1. The fourth-order valence-electron chi connectivity index (χ4n) is 3.76. The van der Waals surface area contributed by atoms with Crippen molar-refractivity contribution in [2.24, 2.45) is 7.05 Å². The number of benzene rings is 2. The van der Waals surface area contributed by atoms with Crippen LogP contribution in [0, 0.1) is 6.92 Å². The van der Waals surface area contributed by atoms with E-state index >= 15 is 0 Å². The van der Waals surface area contributed by atoms with Gasteiger partial charge >= 0.3 is 0 Å². The first-order chi connectivity index (χ1) is 13.7. The minimum Gasteiger partial charge on any atom is -0.291 e. The van der Waals surface area contributed by atoms with Gasteiger partial charge in [-0.1, -0.05) is 39.0 Å². The highest BCUT2D eigenvalue weighted by molar-refractivity contribution is 6.22. The van der Waals surface area contributed by atoms with Gasteiger partial charge in [0.2, 0.25) is 6.41 Å². The summed E-state index contributed by atoms with van der Waals surface area (Å²) in [6.07, 6.45) is 0.711. The maximum atomic E-state index is 13.3. The Kier molecular flexibility index (Phi) is 4.30. The number of nitrogens with zero attached hydrogens (tertiary/aromatic N) is 3. The zero-order valence-corrected chi connectivity index (χ0v) is 17.3. The highest BCUT2D eigenvalue weighted by atomic mass is 16.1. The van der Waals surface area contributed by atoms with Gasteiger partial charge in [-0.2, -0.15) is 5.10 Å². The van der Waals surface area contributed by atoms with E-state index in [-0.39, 0.29) is 11.2 Å². The molecule has 0 spiro atoms. The topological polar surface area (TPSA) is 67.2 Å². The van der Waals surface area contributed by atoms with Gasteiger partial charge in [-0.3, -0.25) is 19.7 Å². The molecule has 0 fully saturated rings. The SMILES string of the molecule is Cc1ccccc1NN(C=O)c1ccc2c(c1)C(=O)c1c(C(C)(C)C)nn(C)c1-2. The summed E-state index contributed by atoms with van der Waals surface area (Å²) in [7, 11) is 1.86. The smallest absolute Gasteiger partial charge is 0.232 e. The molecular weight excluding hydrogens is 364 g/mol. The van der Waals surface area contributed by atoms with Crippen LogP contribution < -0.4 is 10.4 Å². The second-order valence-corrected chi connectivity index (χ2v) is 8.41. The van der Waals surface area contributed by atoms with Gasteiger partial charge in [0, 0.05) is 23.6 Å². The van der Waals surface area contributed by atoms with Crippen molar-refractivity contribution in [1.29, 1.82) is 0 Å². The zero-order chi connectivity index (χ0) is 20.9. The molecule has 1 N–H and O–H groups in total. The van der Waals surface area contributed by atoms with E-state index in [9.17, 15) is 9.59 Å². The van der Waals surface area contributed by atoms with E-state index in [0.717, 1.165) is 28.2 Å². The molecule has 29 heavy (non-hydrogen) atoms. The molecule has 0 saturated carbocycles. The summed E-state index contributed by atoms with van der Waals surface area (Å²) in [5.74, 6) is -0.0448. The van der Waals surface area contributed by atoms with E-state index in [1.54, 1.807) is 10.7 Å². The molecule has 4 rings (SSSR count). The molecule has 6 heteroatoms. The van der Waals surface area contributed by atoms with E-state index in [4.69, 9.17) is 0 Å². The van der Waals surface area contributed by atoms with Crippen LogP contribution in [-0.2, 0) is 17.3 Å². The number of anilines is 2. The Morgan fingerprint density at radius 3 is 2.48 bits per heavy atom. The Morgan fingerprint density at radius 2 is 1.83 bits per heavy atom. The third-order valence-electron chi connectivity index (χ3n) is 5.26. The van der Waals surface area contributed by atoms with Crippen LogP contribution in [0.3, 0.4) is 0 Å². The molecule has 0 unspecified atom stereocenters. The second-order valence-electron chi connectivity index (χ2n) is 8.41. The van der Waals surface area contributed by atoms with E-state index in [0.29, 0.717) is 23.2 Å². The molecular formula is C23H24N4O2. The van der Waals surface area contributed by atoms with Gasteiger partial charge < -0.3 is 0 Å². The molecule has 1 aliphatic rings. The molecule has 2 aromatic carbocycles. The normalized spacial score (nSPS) is 12.5. The largest absolute Gasteiger partial charge is 0.291 e. The highest BCUT2D eigenvalue weighted by Crippen LogP contribution is 2.42. The average molecular weight is 388 g/mol. The number of hydrogen-bond donors (Lipinski definition) is 1. The molecule has 1 aliphatic carbocycles. The Morgan fingerprint density at radius 1 is 1.10 bits per heavy atom. The lowest BCUT2D eigenvalue weighted by molar-refractivity contribution is -0.107. The highest BCUT2D eigenvalue weighted by Gasteiger charge is 2.37. The van der Waals surface area contributed by atoms with Gasteiger partial charge in [-0.05, 0) is 36.8 Å². The van der Waals surface area contributed by atoms with Crippen LogP contribution in [0.4, 0.5) is 11.4 Å². The summed E-state index contributed by atoms with van der Waals surface area (Å²) in [5, 5.41) is 6.00. The third kappa shape index (κ3) is 3.01. The second kappa shape index (κ2) is 6.58. The van der Waals surface area contributed by atoms with Gasteiger partial charge in [0.25, 0.3) is 0 Å². The van der Waals surface area contributed by atoms with Gasteiger partial charge in [0.15, 0.2) is 5.78 Å². The number of aryl methyl sites for hydroxylation is 2. The van der Waals surface area contributed by atoms with Crippen LogP contribution >= 0.6 is 0 Å². The van der Waals surface area contributed by atoms with Crippen LogP contribution in [0.25, 0.3) is 11.3 Å². The lowest BCUT2D eigenvalue weighted by Gasteiger charge is -2.21. The summed E-state index contributed by atoms with van der Waals surface area (Å²) < 4.78 is 1.78. The molecule has 148 valence electrons. The van der Waals surface area contributed by atoms with Crippen LogP contribution in [0.5, 0.6) is 0 Å². The number of hydrazine groups is 1. The summed E-state index contributed by atoms with van der Waals surface area (Å²) in [4.78, 5) is 25.0. The van der Waals surface area contributed by atoms with Crippen LogP contribution in [0.15, 0.2) is 42.5 Å². The van der Waals surface area contributed by atoms with Gasteiger partial charge in [-0.25, -0.2) is 5.01 Å². The third-order valence-corrected chi connectivity index (χ3v) is 5.26. The van der Waals surface area contributed by atoms with Gasteiger partial charge in [0.1, 0.15) is 0 Å². The maximum Gasteiger partial charge on any atom is 0.232 e. The Balaban J connectivity index is 1.75. The quantitative estimate of drug-likeness (QED) is 0.420. The first kappa shape index (κ1) is 18.9. The van der Waals surface area contributed by atoms with Crippen LogP contribution in [0.1, 0.15) is 48.0 Å². The lowest BCUT2D eigenvalue weighted by Crippen LogP contribution is -2.28. The Labute approximate surface area is 170 Å². The van der Waals surface area contributed by atoms with Crippen LogP contribution in [0.2, 0.25) is 0 Å². The molecule has 1 aromatic heterocycles. The molecule has 0 radical (unpaired) electrons. The molecule has 0 bridgehead atoms. The molecule has 1 amide bonds. The number of fused-ring (bicyclic) bond motifs is 3. The number of carbonyl (C=O) groups excluding carboxylic acids is 2. The monoisotopic (exact) mass is 388 g/mol. The number of amides is 1. The van der Waals surface area contributed by atoms with Crippen molar-refractivity contribution >= 4 is 23.6 Å². The summed E-state index contributed by atoms with van der Waals surface area (Å²) in [6, 6.07) is 13.2. The number of aromatic nitrogens is 2. The van der Waals surface area contributed by atoms with E-state index < -0.39 is 0 Å². The van der Waals surface area contributed by atoms with Crippen LogP contribution in [-0.4, -0.2) is 22.0 Å². The fourth-order valence-corrected chi connectivity index (χ4v) is 3.76. The number of carbonyl (C=O) groups is 2. The Hall–Kier alpha value is -3.41. The fraction of sp³-hybridized carbons (Fsp3) is 0.261. The predicted molar refractivity (Wildman–Crippen MR) is 114 cm³/mol. The molecule has 1 heterocycles. The summed E-state index contributed by atoms with van der Waals surface area (Å²) >= 11 is 0. The van der Waals surface area contributed by atoms with E-state index in [1.165, 1.54) is 5.01 Å². The molecule has 0 saturated heterocycles. The molecule has 3 aromatic rings. The zero-order valence-electron chi connectivity index (χ0n) is 17.3. The number of rotatable bonds is 4. The lowest BCUT2D eigenvalue weighted by atomic mass is 9.88. The minimum atomic E-state index is -0.243. The average Bonchev–Trinajstić information content (AvgIpc) is 3.17. The first-order valence-corrected chi connectivity index (χ1v) is 9.56. The van der Waals surface area contributed by atoms with Crippen molar-refractivity contribution in [2.45, 2.75) is 33.1 Å². The van der Waals surface area contributed by atoms with Crippen molar-refractivity contribution in [2.75, 3.05) is 10.4 Å². The maximum absolute atomic E-state index is 13.3. The predicted octanol–water partition coefficient (Wildman–Crippen LogP) is 4.23. The standard InChI is InChI=1S/C23H24N4O2/c1-14-8-6-7-9-18(14)24-27(13-28)15-10-11-16-17(12-15)21(29)19-20(16)26(5)25-22(19)23(2,3)4/h6-13,24H,1-5H3. The number of ketones is 1. The Bertz CT molecular complexity index is 1140. The first-order valence-electron chi connectivity index (χ1n) is 9.56. The molecule has 0 aliphatic heterocycles. The van der Waals surface area contributed by atoms with E-state index in [2.05, 4.69) is 31.3 Å². The minimum absolute atomic E-state index is 0.0448. The van der Waals surface area contributed by atoms with Crippen molar-refractivity contribution < 1.29 is 9.59 Å². The number of para-hydroxylation sites is 1. The number of hydrogen-bond acceptors (Lipinski definition) is 4. The van der Waals surface area contributed by atoms with Crippen molar-refractivity contribution in [3.63, 3.8) is 0 Å². The van der Waals surface area contributed by atoms with Crippen molar-refractivity contribution in [3.05, 3.63) is 64.8 Å². The summed E-state index contributed by atoms with van der Waals surface area (Å²) in [5.41, 5.74) is 9.06. The summed E-state index contributed by atoms with van der Waals surface area (Å²) in [6.45, 7) is 8.13. The molecule has 0 atom stereocenters. The van der Waals surface area contributed by atoms with Crippen molar-refractivity contribution in [3.8, 4) is 11.3 Å². The van der Waals surface area contributed by atoms with Gasteiger partial charge in [-0.15, -0.1) is 0 Å². The van der Waals surface area contributed by atoms with E-state index in [1.807, 2.05) is 50.4 Å². The van der Waals surface area contributed by atoms with Gasteiger partial charge in [0.05, 0.1) is 28.3 Å². The van der Waals surface area contributed by atoms with Crippen molar-refractivity contribution in [1.82, 2.24) is 9.78 Å². The molecule has 6 nitrogen and oxygen atoms in total.